The maximum Gasteiger partial charge on any atom is 0.130 e. The number of hydrogen-bond donors (Lipinski definition) is 1. The smallest absolute Gasteiger partial charge is 0.130 e. The lowest BCUT2D eigenvalue weighted by Crippen LogP contribution is -2.16. The van der Waals surface area contributed by atoms with E-state index in [1.54, 1.807) is 0 Å². The molecule has 1 N–H and O–H groups in total. The maximum atomic E-state index is 9.38. The van der Waals surface area contributed by atoms with Gasteiger partial charge in [-0.1, -0.05) is 56.1 Å². The second-order valence-corrected chi connectivity index (χ2v) is 8.49. The normalized spacial score (nSPS) is 17.7. The highest BCUT2D eigenvalue weighted by atomic mass is 35.5. The summed E-state index contributed by atoms with van der Waals surface area (Å²) in [5.41, 5.74) is 5.85. The summed E-state index contributed by atoms with van der Waals surface area (Å²) in [4.78, 5) is 0. The molecule has 2 aromatic rings. The van der Waals surface area contributed by atoms with Gasteiger partial charge in [0, 0.05) is 17.5 Å². The third kappa shape index (κ3) is 5.14. The molecule has 0 amide bonds. The maximum absolute atomic E-state index is 9.38. The van der Waals surface area contributed by atoms with Gasteiger partial charge in [-0.15, -0.1) is 0 Å². The molecule has 0 bridgehead atoms. The molecule has 3 nitrogen and oxygen atoms in total. The summed E-state index contributed by atoms with van der Waals surface area (Å²) in [6.07, 6.45) is 4.58. The number of fused-ring (bicyclic) bond motifs is 1. The van der Waals surface area contributed by atoms with Crippen LogP contribution in [0, 0.1) is 0 Å². The summed E-state index contributed by atoms with van der Waals surface area (Å²) in [5.74, 6) is 0.876. The van der Waals surface area contributed by atoms with Crippen LogP contribution in [0.2, 0.25) is 5.02 Å². The van der Waals surface area contributed by atoms with Gasteiger partial charge in [0.15, 0.2) is 0 Å². The summed E-state index contributed by atoms with van der Waals surface area (Å²) >= 11 is 6.86. The average molecular weight is 417 g/mol. The van der Waals surface area contributed by atoms with Crippen molar-refractivity contribution >= 4 is 11.6 Å². The highest BCUT2D eigenvalue weighted by Crippen LogP contribution is 2.44. The monoisotopic (exact) mass is 416 g/mol. The fraction of sp³-hybridized carbons (Fsp3) is 0.520. The minimum Gasteiger partial charge on any atom is -0.489 e. The predicted molar refractivity (Wildman–Crippen MR) is 119 cm³/mol. The van der Waals surface area contributed by atoms with Crippen molar-refractivity contribution in [2.75, 3.05) is 6.61 Å². The van der Waals surface area contributed by atoms with Crippen molar-refractivity contribution in [3.8, 4) is 5.75 Å². The minimum absolute atomic E-state index is 0.00444. The van der Waals surface area contributed by atoms with Crippen LogP contribution in [0.3, 0.4) is 0 Å². The molecule has 1 unspecified atom stereocenters. The Morgan fingerprint density at radius 1 is 1.17 bits per heavy atom. The summed E-state index contributed by atoms with van der Waals surface area (Å²) in [5, 5.41) is 10.2. The average Bonchev–Trinajstić information content (AvgIpc) is 3.16. The Labute approximate surface area is 180 Å². The van der Waals surface area contributed by atoms with Crippen molar-refractivity contribution in [1.82, 2.24) is 0 Å². The lowest BCUT2D eigenvalue weighted by Gasteiger charge is -2.22. The van der Waals surface area contributed by atoms with Crippen LogP contribution in [0.15, 0.2) is 30.3 Å². The van der Waals surface area contributed by atoms with Gasteiger partial charge in [-0.25, -0.2) is 0 Å². The van der Waals surface area contributed by atoms with E-state index in [0.29, 0.717) is 0 Å². The van der Waals surface area contributed by atoms with Crippen molar-refractivity contribution in [2.24, 2.45) is 0 Å². The van der Waals surface area contributed by atoms with Crippen molar-refractivity contribution in [3.05, 3.63) is 63.2 Å². The Morgan fingerprint density at radius 3 is 2.48 bits per heavy atom. The molecule has 1 heterocycles. The number of ether oxygens (including phenoxy) is 2. The van der Waals surface area contributed by atoms with Crippen LogP contribution in [0.1, 0.15) is 74.5 Å². The number of rotatable bonds is 9. The van der Waals surface area contributed by atoms with Crippen LogP contribution in [0.5, 0.6) is 5.75 Å². The van der Waals surface area contributed by atoms with E-state index >= 15 is 0 Å². The van der Waals surface area contributed by atoms with Gasteiger partial charge >= 0.3 is 0 Å². The van der Waals surface area contributed by atoms with E-state index in [0.717, 1.165) is 59.6 Å². The molecule has 0 fully saturated rings. The molecule has 1 aliphatic rings. The third-order valence-electron chi connectivity index (χ3n) is 5.67. The Hall–Kier alpha value is -1.55. The fourth-order valence-corrected chi connectivity index (χ4v) is 4.28. The Kier molecular flexibility index (Phi) is 7.61. The molecule has 1 aliphatic heterocycles. The van der Waals surface area contributed by atoms with Crippen molar-refractivity contribution in [3.63, 3.8) is 0 Å². The van der Waals surface area contributed by atoms with Crippen molar-refractivity contribution in [2.45, 2.75) is 78.1 Å². The molecule has 0 aliphatic carbocycles. The number of halogens is 1. The molecule has 0 aromatic heterocycles. The first-order chi connectivity index (χ1) is 14.0. The summed E-state index contributed by atoms with van der Waals surface area (Å²) in [6, 6.07) is 11.0. The van der Waals surface area contributed by atoms with Crippen LogP contribution >= 0.6 is 11.6 Å². The van der Waals surface area contributed by atoms with E-state index in [1.807, 2.05) is 13.8 Å². The summed E-state index contributed by atoms with van der Waals surface area (Å²) in [7, 11) is 0. The first kappa shape index (κ1) is 22.1. The molecular weight excluding hydrogens is 384 g/mol. The van der Waals surface area contributed by atoms with E-state index in [1.165, 1.54) is 11.1 Å². The zero-order valence-electron chi connectivity index (χ0n) is 18.0. The van der Waals surface area contributed by atoms with Gasteiger partial charge < -0.3 is 14.6 Å². The molecule has 3 rings (SSSR count). The number of aliphatic hydroxyl groups is 1. The van der Waals surface area contributed by atoms with Gasteiger partial charge in [-0.2, -0.15) is 0 Å². The molecule has 0 spiro atoms. The zero-order valence-corrected chi connectivity index (χ0v) is 18.8. The largest absolute Gasteiger partial charge is 0.489 e. The topological polar surface area (TPSA) is 38.7 Å². The van der Waals surface area contributed by atoms with E-state index < -0.39 is 0 Å². The third-order valence-corrected chi connectivity index (χ3v) is 6.14. The highest BCUT2D eigenvalue weighted by molar-refractivity contribution is 6.32. The molecule has 29 heavy (non-hydrogen) atoms. The van der Waals surface area contributed by atoms with E-state index in [9.17, 15) is 5.11 Å². The van der Waals surface area contributed by atoms with Gasteiger partial charge in [-0.3, -0.25) is 0 Å². The molecule has 158 valence electrons. The zero-order chi connectivity index (χ0) is 21.0. The predicted octanol–water partition coefficient (Wildman–Crippen LogP) is 6.06. The number of aryl methyl sites for hydroxylation is 1. The molecule has 0 radical (unpaired) electrons. The van der Waals surface area contributed by atoms with Gasteiger partial charge in [0.05, 0.1) is 23.8 Å². The summed E-state index contributed by atoms with van der Waals surface area (Å²) < 4.78 is 12.2. The second kappa shape index (κ2) is 9.97. The van der Waals surface area contributed by atoms with Gasteiger partial charge in [0.2, 0.25) is 0 Å². The summed E-state index contributed by atoms with van der Waals surface area (Å²) in [6.45, 7) is 8.22. The Bertz CT molecular complexity index is 816. The molecule has 0 saturated heterocycles. The van der Waals surface area contributed by atoms with Crippen LogP contribution in [0.4, 0.5) is 0 Å². The van der Waals surface area contributed by atoms with Gasteiger partial charge in [0.1, 0.15) is 11.9 Å². The van der Waals surface area contributed by atoms with Crippen LogP contribution in [0.25, 0.3) is 0 Å². The fourth-order valence-electron chi connectivity index (χ4n) is 4.00. The molecule has 4 heteroatoms. The van der Waals surface area contributed by atoms with Crippen LogP contribution < -0.4 is 4.74 Å². The first-order valence-corrected chi connectivity index (χ1v) is 11.2. The Balaban J connectivity index is 1.94. The van der Waals surface area contributed by atoms with Crippen molar-refractivity contribution < 1.29 is 14.6 Å². The minimum atomic E-state index is -0.228. The molecule has 0 saturated carbocycles. The molecule has 2 aromatic carbocycles. The quantitative estimate of drug-likeness (QED) is 0.540. The van der Waals surface area contributed by atoms with E-state index in [4.69, 9.17) is 21.1 Å². The lowest BCUT2D eigenvalue weighted by molar-refractivity contribution is -0.0230. The standard InChI is InChI=1S/C25H33ClO3/c1-5-7-18-8-10-19(11-9-18)12-20-13-22(17(4)28-16(3)15-27)25-23(24(20)26)14-21(6-2)29-25/h8-11,13,16-17,21,27H,5-7,12,14-15H2,1-4H3/t16-,17+,21?/m0/s1. The number of hydrogen-bond acceptors (Lipinski definition) is 3. The first-order valence-electron chi connectivity index (χ1n) is 10.8. The van der Waals surface area contributed by atoms with Gasteiger partial charge in [-0.05, 0) is 55.9 Å². The number of benzene rings is 2. The van der Waals surface area contributed by atoms with E-state index in [2.05, 4.69) is 44.2 Å². The van der Waals surface area contributed by atoms with Gasteiger partial charge in [0.25, 0.3) is 0 Å². The molecular formula is C25H33ClO3. The Morgan fingerprint density at radius 2 is 1.86 bits per heavy atom. The van der Waals surface area contributed by atoms with Crippen LogP contribution in [-0.4, -0.2) is 23.9 Å². The molecule has 3 atom stereocenters. The van der Waals surface area contributed by atoms with Crippen molar-refractivity contribution in [1.29, 1.82) is 0 Å². The highest BCUT2D eigenvalue weighted by Gasteiger charge is 2.30. The lowest BCUT2D eigenvalue weighted by atomic mass is 9.94. The SMILES string of the molecule is CCCc1ccc(Cc2cc([C@@H](C)O[C@@H](C)CO)c3c(c2Cl)CC(CC)O3)cc1. The van der Waals surface area contributed by atoms with E-state index in [-0.39, 0.29) is 24.9 Å². The van der Waals surface area contributed by atoms with Crippen LogP contribution in [-0.2, 0) is 24.0 Å². The second-order valence-electron chi connectivity index (χ2n) is 8.11. The number of aliphatic hydroxyl groups excluding tert-OH is 1.